The second kappa shape index (κ2) is 5.19. The third kappa shape index (κ3) is 2.74. The molecule has 1 aromatic heterocycles. The number of amides is 4. The Hall–Kier alpha value is -2.38. The lowest BCUT2D eigenvalue weighted by Crippen LogP contribution is -2.44. The van der Waals surface area contributed by atoms with Crippen molar-refractivity contribution < 1.29 is 18.9 Å². The minimum absolute atomic E-state index is 0.299. The molecule has 0 radical (unpaired) electrons. The van der Waals surface area contributed by atoms with Gasteiger partial charge >= 0.3 is 6.03 Å². The summed E-state index contributed by atoms with van der Waals surface area (Å²) < 4.78 is 4.74. The summed E-state index contributed by atoms with van der Waals surface area (Å²) >= 11 is 0. The monoisotopic (exact) mass is 294 g/mol. The van der Waals surface area contributed by atoms with Gasteiger partial charge in [0.25, 0.3) is 5.91 Å². The summed E-state index contributed by atoms with van der Waals surface area (Å²) in [6, 6.07) is 0.788. The van der Waals surface area contributed by atoms with E-state index in [4.69, 9.17) is 4.52 Å². The lowest BCUT2D eigenvalue weighted by molar-refractivity contribution is -0.138. The number of aromatic nitrogens is 1. The standard InChI is InChI=1S/C13H18N4O4/c1-8(9-5-6-21-15-9)16(4)10(18)7-17-11(19)13(2,3)14-12(17)20/h5-6,8H,7H2,1-4H3,(H,14,20)/t8-/m0/s1. The van der Waals surface area contributed by atoms with Gasteiger partial charge in [-0.05, 0) is 20.8 Å². The molecular weight excluding hydrogens is 276 g/mol. The number of nitrogens with zero attached hydrogens (tertiary/aromatic N) is 3. The van der Waals surface area contributed by atoms with Crippen LogP contribution in [0.2, 0.25) is 0 Å². The lowest BCUT2D eigenvalue weighted by Gasteiger charge is -2.25. The fourth-order valence-corrected chi connectivity index (χ4v) is 2.06. The predicted molar refractivity (Wildman–Crippen MR) is 72.0 cm³/mol. The highest BCUT2D eigenvalue weighted by atomic mass is 16.5. The van der Waals surface area contributed by atoms with Crippen molar-refractivity contribution in [3.63, 3.8) is 0 Å². The molecule has 0 saturated carbocycles. The van der Waals surface area contributed by atoms with E-state index in [0.29, 0.717) is 5.69 Å². The number of carbonyl (C=O) groups excluding carboxylic acids is 3. The van der Waals surface area contributed by atoms with Crippen LogP contribution in [0.15, 0.2) is 16.9 Å². The maximum Gasteiger partial charge on any atom is 0.325 e. The number of carbonyl (C=O) groups is 3. The molecule has 114 valence electrons. The van der Waals surface area contributed by atoms with Gasteiger partial charge in [-0.15, -0.1) is 0 Å². The average Bonchev–Trinajstić information content (AvgIpc) is 3.00. The predicted octanol–water partition coefficient (Wildman–Crippen LogP) is 0.524. The Balaban J connectivity index is 2.05. The Labute approximate surface area is 122 Å². The van der Waals surface area contributed by atoms with Crippen molar-refractivity contribution in [3.8, 4) is 0 Å². The van der Waals surface area contributed by atoms with Crippen LogP contribution in [0.4, 0.5) is 4.79 Å². The van der Waals surface area contributed by atoms with Crippen LogP contribution in [0.3, 0.4) is 0 Å². The van der Waals surface area contributed by atoms with E-state index in [-0.39, 0.29) is 18.5 Å². The highest BCUT2D eigenvalue weighted by Gasteiger charge is 2.45. The summed E-state index contributed by atoms with van der Waals surface area (Å²) in [5.74, 6) is -0.768. The Morgan fingerprint density at radius 1 is 1.52 bits per heavy atom. The van der Waals surface area contributed by atoms with E-state index >= 15 is 0 Å². The van der Waals surface area contributed by atoms with Gasteiger partial charge in [0, 0.05) is 13.1 Å². The molecule has 1 aliphatic rings. The van der Waals surface area contributed by atoms with Gasteiger partial charge in [0.15, 0.2) is 0 Å². The van der Waals surface area contributed by atoms with Gasteiger partial charge in [-0.2, -0.15) is 0 Å². The van der Waals surface area contributed by atoms with Crippen LogP contribution in [-0.4, -0.2) is 51.9 Å². The second-order valence-corrected chi connectivity index (χ2v) is 5.55. The Morgan fingerprint density at radius 2 is 2.19 bits per heavy atom. The van der Waals surface area contributed by atoms with Crippen molar-refractivity contribution in [3.05, 3.63) is 18.0 Å². The summed E-state index contributed by atoms with van der Waals surface area (Å²) in [5, 5.41) is 6.31. The third-order valence-corrected chi connectivity index (χ3v) is 3.60. The molecule has 0 spiro atoms. The molecule has 2 heterocycles. The molecular formula is C13H18N4O4. The molecule has 1 saturated heterocycles. The van der Waals surface area contributed by atoms with E-state index in [1.165, 1.54) is 11.2 Å². The van der Waals surface area contributed by atoms with E-state index in [1.54, 1.807) is 33.9 Å². The molecule has 0 unspecified atom stereocenters. The molecule has 1 atom stereocenters. The van der Waals surface area contributed by atoms with Crippen LogP contribution >= 0.6 is 0 Å². The van der Waals surface area contributed by atoms with Gasteiger partial charge in [0.05, 0.1) is 6.04 Å². The van der Waals surface area contributed by atoms with Crippen LogP contribution < -0.4 is 5.32 Å². The van der Waals surface area contributed by atoms with Gasteiger partial charge < -0.3 is 14.7 Å². The first-order valence-electron chi connectivity index (χ1n) is 6.54. The summed E-state index contributed by atoms with van der Waals surface area (Å²) in [7, 11) is 1.59. The normalized spacial score (nSPS) is 18.6. The van der Waals surface area contributed by atoms with E-state index < -0.39 is 17.5 Å². The fourth-order valence-electron chi connectivity index (χ4n) is 2.06. The third-order valence-electron chi connectivity index (χ3n) is 3.60. The molecule has 8 heteroatoms. The number of imide groups is 1. The Bertz CT molecular complexity index is 567. The van der Waals surface area contributed by atoms with Gasteiger partial charge in [-0.3, -0.25) is 14.5 Å². The zero-order valence-corrected chi connectivity index (χ0v) is 12.4. The summed E-state index contributed by atoms with van der Waals surface area (Å²) in [6.07, 6.45) is 1.42. The first kappa shape index (κ1) is 15.0. The maximum atomic E-state index is 12.2. The molecule has 1 fully saturated rings. The molecule has 2 rings (SSSR count). The number of urea groups is 1. The molecule has 21 heavy (non-hydrogen) atoms. The lowest BCUT2D eigenvalue weighted by atomic mass is 10.1. The summed E-state index contributed by atoms with van der Waals surface area (Å²) in [6.45, 7) is 4.68. The first-order valence-corrected chi connectivity index (χ1v) is 6.54. The Morgan fingerprint density at radius 3 is 2.67 bits per heavy atom. The molecule has 8 nitrogen and oxygen atoms in total. The smallest absolute Gasteiger partial charge is 0.325 e. The fraction of sp³-hybridized carbons (Fsp3) is 0.538. The zero-order chi connectivity index (χ0) is 15.8. The van der Waals surface area contributed by atoms with Gasteiger partial charge in [0.2, 0.25) is 5.91 Å². The molecule has 4 amide bonds. The van der Waals surface area contributed by atoms with E-state index in [2.05, 4.69) is 10.5 Å². The minimum atomic E-state index is -0.979. The van der Waals surface area contributed by atoms with E-state index in [1.807, 2.05) is 0 Å². The van der Waals surface area contributed by atoms with Crippen molar-refractivity contribution >= 4 is 17.8 Å². The van der Waals surface area contributed by atoms with Crippen molar-refractivity contribution in [2.75, 3.05) is 13.6 Å². The molecule has 1 N–H and O–H groups in total. The molecule has 0 bridgehead atoms. The van der Waals surface area contributed by atoms with E-state index in [0.717, 1.165) is 4.90 Å². The number of hydrogen-bond donors (Lipinski definition) is 1. The second-order valence-electron chi connectivity index (χ2n) is 5.55. The SMILES string of the molecule is C[C@@H](c1ccon1)N(C)C(=O)CN1C(=O)NC(C)(C)C1=O. The summed E-state index contributed by atoms with van der Waals surface area (Å²) in [4.78, 5) is 38.4. The topological polar surface area (TPSA) is 95.8 Å². The van der Waals surface area contributed by atoms with Gasteiger partial charge in [0.1, 0.15) is 24.0 Å². The zero-order valence-electron chi connectivity index (χ0n) is 12.4. The molecule has 0 aromatic carbocycles. The van der Waals surface area contributed by atoms with Crippen LogP contribution in [0.5, 0.6) is 0 Å². The van der Waals surface area contributed by atoms with Crippen LogP contribution in [0.25, 0.3) is 0 Å². The van der Waals surface area contributed by atoms with Crippen LogP contribution in [0.1, 0.15) is 32.5 Å². The van der Waals surface area contributed by atoms with Crippen molar-refractivity contribution in [2.24, 2.45) is 0 Å². The average molecular weight is 294 g/mol. The largest absolute Gasteiger partial charge is 0.364 e. The number of nitrogens with one attached hydrogen (secondary N) is 1. The van der Waals surface area contributed by atoms with Crippen LogP contribution in [0, 0.1) is 0 Å². The van der Waals surface area contributed by atoms with Crippen LogP contribution in [-0.2, 0) is 9.59 Å². The number of likely N-dealkylation sites (N-methyl/N-ethyl adjacent to an activating group) is 1. The molecule has 1 aliphatic heterocycles. The Kier molecular flexibility index (Phi) is 3.71. The number of hydrogen-bond acceptors (Lipinski definition) is 5. The van der Waals surface area contributed by atoms with Crippen molar-refractivity contribution in [2.45, 2.75) is 32.4 Å². The van der Waals surface area contributed by atoms with Crippen molar-refractivity contribution in [1.29, 1.82) is 0 Å². The minimum Gasteiger partial charge on any atom is -0.364 e. The summed E-state index contributed by atoms with van der Waals surface area (Å²) in [5.41, 5.74) is -0.378. The highest BCUT2D eigenvalue weighted by Crippen LogP contribution is 2.19. The van der Waals surface area contributed by atoms with Gasteiger partial charge in [-0.25, -0.2) is 4.79 Å². The van der Waals surface area contributed by atoms with E-state index in [9.17, 15) is 14.4 Å². The maximum absolute atomic E-state index is 12.2. The first-order chi connectivity index (χ1) is 9.74. The molecule has 1 aromatic rings. The van der Waals surface area contributed by atoms with Gasteiger partial charge in [-0.1, -0.05) is 5.16 Å². The highest BCUT2D eigenvalue weighted by molar-refractivity contribution is 6.08. The quantitative estimate of drug-likeness (QED) is 0.817. The van der Waals surface area contributed by atoms with Crippen molar-refractivity contribution in [1.82, 2.24) is 20.3 Å². The molecule has 0 aliphatic carbocycles. The number of rotatable bonds is 4.